The largest absolute Gasteiger partial charge is 0.325 e. The van der Waals surface area contributed by atoms with E-state index < -0.39 is 4.92 Å². The van der Waals surface area contributed by atoms with Gasteiger partial charge < -0.3 is 10.6 Å². The Labute approximate surface area is 194 Å². The summed E-state index contributed by atoms with van der Waals surface area (Å²) in [4.78, 5) is 36.2. The van der Waals surface area contributed by atoms with Gasteiger partial charge in [-0.05, 0) is 61.0 Å². The standard InChI is InChI=1S/C23H20ClN3O4S/c1-2-21(23(29)25-17-10-8-16(24)9-11-17)32-20-5-3-4-18(14-20)26-22(28)15-6-12-19(13-7-15)27(30)31/h3-14,21H,2H2,1H3,(H,25,29)(H,26,28). The normalized spacial score (nSPS) is 11.4. The first-order valence-electron chi connectivity index (χ1n) is 9.74. The van der Waals surface area contributed by atoms with Crippen LogP contribution in [0.3, 0.4) is 0 Å². The maximum Gasteiger partial charge on any atom is 0.269 e. The summed E-state index contributed by atoms with van der Waals surface area (Å²) in [5.74, 6) is -0.505. The summed E-state index contributed by atoms with van der Waals surface area (Å²) in [6.07, 6.45) is 0.615. The fourth-order valence-corrected chi connectivity index (χ4v) is 3.97. The number of nitrogens with one attached hydrogen (secondary N) is 2. The molecule has 0 aliphatic heterocycles. The zero-order chi connectivity index (χ0) is 23.1. The SMILES string of the molecule is CCC(Sc1cccc(NC(=O)c2ccc([N+](=O)[O-])cc2)c1)C(=O)Nc1ccc(Cl)cc1. The fraction of sp³-hybridized carbons (Fsp3) is 0.130. The van der Waals surface area contributed by atoms with Gasteiger partial charge >= 0.3 is 0 Å². The van der Waals surface area contributed by atoms with Gasteiger partial charge in [-0.1, -0.05) is 24.6 Å². The van der Waals surface area contributed by atoms with Crippen molar-refractivity contribution in [2.45, 2.75) is 23.5 Å². The second kappa shape index (κ2) is 10.8. The topological polar surface area (TPSA) is 101 Å². The van der Waals surface area contributed by atoms with E-state index in [9.17, 15) is 19.7 Å². The fourth-order valence-electron chi connectivity index (χ4n) is 2.83. The molecule has 0 fully saturated rings. The Morgan fingerprint density at radius 3 is 2.31 bits per heavy atom. The summed E-state index contributed by atoms with van der Waals surface area (Å²) in [5.41, 5.74) is 1.46. The quantitative estimate of drug-likeness (QED) is 0.239. The van der Waals surface area contributed by atoms with Gasteiger partial charge in [-0.3, -0.25) is 19.7 Å². The average molecular weight is 470 g/mol. The van der Waals surface area contributed by atoms with Crippen molar-refractivity contribution in [1.82, 2.24) is 0 Å². The molecule has 0 aromatic heterocycles. The van der Waals surface area contributed by atoms with Gasteiger partial charge in [-0.2, -0.15) is 0 Å². The maximum absolute atomic E-state index is 12.7. The summed E-state index contributed by atoms with van der Waals surface area (Å²) in [6.45, 7) is 1.93. The first kappa shape index (κ1) is 23.3. The third-order valence-electron chi connectivity index (χ3n) is 4.49. The molecule has 32 heavy (non-hydrogen) atoms. The minimum atomic E-state index is -0.518. The molecule has 0 aliphatic carbocycles. The molecule has 2 amide bonds. The van der Waals surface area contributed by atoms with E-state index in [1.807, 2.05) is 13.0 Å². The third-order valence-corrected chi connectivity index (χ3v) is 6.10. The lowest BCUT2D eigenvalue weighted by Gasteiger charge is -2.15. The van der Waals surface area contributed by atoms with Crippen LogP contribution in [0.15, 0.2) is 77.7 Å². The maximum atomic E-state index is 12.7. The van der Waals surface area contributed by atoms with Gasteiger partial charge in [0, 0.05) is 39.0 Å². The van der Waals surface area contributed by atoms with Crippen molar-refractivity contribution in [3.63, 3.8) is 0 Å². The molecule has 1 atom stereocenters. The number of amides is 2. The number of benzene rings is 3. The molecule has 0 saturated carbocycles. The second-order valence-electron chi connectivity index (χ2n) is 6.80. The molecule has 0 radical (unpaired) electrons. The molecular formula is C23H20ClN3O4S. The van der Waals surface area contributed by atoms with Gasteiger partial charge in [0.05, 0.1) is 10.2 Å². The molecule has 164 valence electrons. The molecule has 3 aromatic rings. The number of non-ortho nitro benzene ring substituents is 1. The number of thioether (sulfide) groups is 1. The minimum absolute atomic E-state index is 0.0811. The van der Waals surface area contributed by atoms with Crippen molar-refractivity contribution in [3.05, 3.63) is 93.5 Å². The molecule has 2 N–H and O–H groups in total. The summed E-state index contributed by atoms with van der Waals surface area (Å²) in [7, 11) is 0. The van der Waals surface area contributed by atoms with Gasteiger partial charge in [-0.25, -0.2) is 0 Å². The van der Waals surface area contributed by atoms with Crippen molar-refractivity contribution >= 4 is 52.2 Å². The molecule has 1 unspecified atom stereocenters. The van der Waals surface area contributed by atoms with Crippen LogP contribution in [-0.4, -0.2) is 22.0 Å². The Morgan fingerprint density at radius 1 is 1.00 bits per heavy atom. The number of carbonyl (C=O) groups is 2. The van der Waals surface area contributed by atoms with Crippen LogP contribution in [0.5, 0.6) is 0 Å². The number of nitrogens with zero attached hydrogens (tertiary/aromatic N) is 1. The van der Waals surface area contributed by atoms with E-state index in [-0.39, 0.29) is 22.8 Å². The molecule has 0 aliphatic rings. The van der Waals surface area contributed by atoms with E-state index in [4.69, 9.17) is 11.6 Å². The van der Waals surface area contributed by atoms with E-state index in [1.165, 1.54) is 36.0 Å². The molecule has 3 rings (SSSR count). The highest BCUT2D eigenvalue weighted by Gasteiger charge is 2.18. The van der Waals surface area contributed by atoms with E-state index in [2.05, 4.69) is 10.6 Å². The van der Waals surface area contributed by atoms with E-state index in [1.54, 1.807) is 42.5 Å². The number of nitro benzene ring substituents is 1. The number of nitro groups is 1. The van der Waals surface area contributed by atoms with E-state index in [0.717, 1.165) is 4.90 Å². The Hall–Kier alpha value is -3.36. The van der Waals surface area contributed by atoms with Gasteiger partial charge in [0.25, 0.3) is 11.6 Å². The minimum Gasteiger partial charge on any atom is -0.325 e. The van der Waals surface area contributed by atoms with Crippen LogP contribution in [-0.2, 0) is 4.79 Å². The number of hydrogen-bond acceptors (Lipinski definition) is 5. The zero-order valence-electron chi connectivity index (χ0n) is 17.1. The molecule has 7 nitrogen and oxygen atoms in total. The van der Waals surface area contributed by atoms with Crippen molar-refractivity contribution in [3.8, 4) is 0 Å². The summed E-state index contributed by atoms with van der Waals surface area (Å²) < 4.78 is 0. The Balaban J connectivity index is 1.65. The van der Waals surface area contributed by atoms with E-state index in [0.29, 0.717) is 28.4 Å². The van der Waals surface area contributed by atoms with Crippen LogP contribution in [0.1, 0.15) is 23.7 Å². The van der Waals surface area contributed by atoms with Gasteiger partial charge in [0.2, 0.25) is 5.91 Å². The van der Waals surface area contributed by atoms with Gasteiger partial charge in [0.15, 0.2) is 0 Å². The Bertz CT molecular complexity index is 1120. The number of anilines is 2. The van der Waals surface area contributed by atoms with Crippen molar-refractivity contribution in [1.29, 1.82) is 0 Å². The van der Waals surface area contributed by atoms with Crippen LogP contribution in [0, 0.1) is 10.1 Å². The molecule has 0 saturated heterocycles. The number of carbonyl (C=O) groups excluding carboxylic acids is 2. The van der Waals surface area contributed by atoms with Crippen LogP contribution >= 0.6 is 23.4 Å². The number of rotatable bonds is 8. The smallest absolute Gasteiger partial charge is 0.269 e. The molecule has 3 aromatic carbocycles. The van der Waals surface area contributed by atoms with Crippen LogP contribution in [0.2, 0.25) is 5.02 Å². The highest BCUT2D eigenvalue weighted by Crippen LogP contribution is 2.29. The molecular weight excluding hydrogens is 450 g/mol. The zero-order valence-corrected chi connectivity index (χ0v) is 18.7. The van der Waals surface area contributed by atoms with Crippen LogP contribution in [0.4, 0.5) is 17.1 Å². The lowest BCUT2D eigenvalue weighted by atomic mass is 10.2. The lowest BCUT2D eigenvalue weighted by Crippen LogP contribution is -2.24. The highest BCUT2D eigenvalue weighted by atomic mass is 35.5. The Morgan fingerprint density at radius 2 is 1.69 bits per heavy atom. The first-order chi connectivity index (χ1) is 15.4. The van der Waals surface area contributed by atoms with Crippen LogP contribution < -0.4 is 10.6 Å². The number of halogens is 1. The summed E-state index contributed by atoms with van der Waals surface area (Å²) in [5, 5.41) is 16.7. The van der Waals surface area contributed by atoms with Crippen LogP contribution in [0.25, 0.3) is 0 Å². The summed E-state index contributed by atoms with van der Waals surface area (Å²) in [6, 6.07) is 19.5. The van der Waals surface area contributed by atoms with Crippen molar-refractivity contribution in [2.24, 2.45) is 0 Å². The second-order valence-corrected chi connectivity index (χ2v) is 8.51. The van der Waals surface area contributed by atoms with Gasteiger partial charge in [-0.15, -0.1) is 11.8 Å². The number of hydrogen-bond donors (Lipinski definition) is 2. The highest BCUT2D eigenvalue weighted by molar-refractivity contribution is 8.00. The summed E-state index contributed by atoms with van der Waals surface area (Å²) >= 11 is 7.28. The van der Waals surface area contributed by atoms with Gasteiger partial charge in [0.1, 0.15) is 0 Å². The third kappa shape index (κ3) is 6.32. The molecule has 0 heterocycles. The molecule has 0 spiro atoms. The first-order valence-corrected chi connectivity index (χ1v) is 11.0. The Kier molecular flexibility index (Phi) is 7.86. The average Bonchev–Trinajstić information content (AvgIpc) is 2.79. The molecule has 0 bridgehead atoms. The predicted octanol–water partition coefficient (Wildman–Crippen LogP) is 6.01. The van der Waals surface area contributed by atoms with E-state index >= 15 is 0 Å². The van der Waals surface area contributed by atoms with Crippen molar-refractivity contribution in [2.75, 3.05) is 10.6 Å². The lowest BCUT2D eigenvalue weighted by molar-refractivity contribution is -0.384. The monoisotopic (exact) mass is 469 g/mol. The van der Waals surface area contributed by atoms with Crippen molar-refractivity contribution < 1.29 is 14.5 Å². The predicted molar refractivity (Wildman–Crippen MR) is 128 cm³/mol. The molecule has 9 heteroatoms.